The highest BCUT2D eigenvalue weighted by Crippen LogP contribution is 2.19. The third kappa shape index (κ3) is 4.80. The first-order valence-electron chi connectivity index (χ1n) is 6.10. The average Bonchev–Trinajstić information content (AvgIpc) is 2.16. The van der Waals surface area contributed by atoms with E-state index >= 15 is 0 Å². The highest BCUT2D eigenvalue weighted by molar-refractivity contribution is 7.89. The van der Waals surface area contributed by atoms with E-state index < -0.39 is 10.0 Å². The zero-order valence-electron chi connectivity index (χ0n) is 10.5. The van der Waals surface area contributed by atoms with Gasteiger partial charge in [-0.1, -0.05) is 13.8 Å². The number of rotatable bonds is 5. The SMILES string of the molecule is CNC1CCC(NS(=O)(=O)CC(C)C)CC1. The Balaban J connectivity index is 2.38. The Bertz CT molecular complexity index is 293. The fourth-order valence-corrected chi connectivity index (χ4v) is 3.96. The van der Waals surface area contributed by atoms with Gasteiger partial charge in [-0.25, -0.2) is 13.1 Å². The van der Waals surface area contributed by atoms with Crippen LogP contribution in [0.1, 0.15) is 39.5 Å². The van der Waals surface area contributed by atoms with E-state index in [9.17, 15) is 8.42 Å². The summed E-state index contributed by atoms with van der Waals surface area (Å²) < 4.78 is 26.3. The van der Waals surface area contributed by atoms with Crippen molar-refractivity contribution in [2.45, 2.75) is 51.6 Å². The van der Waals surface area contributed by atoms with Crippen molar-refractivity contribution in [3.8, 4) is 0 Å². The number of nitrogens with one attached hydrogen (secondary N) is 2. The fourth-order valence-electron chi connectivity index (χ4n) is 2.24. The Hall–Kier alpha value is -0.130. The summed E-state index contributed by atoms with van der Waals surface area (Å²) in [5.74, 6) is 0.421. The minimum absolute atomic E-state index is 0.147. The quantitative estimate of drug-likeness (QED) is 0.766. The van der Waals surface area contributed by atoms with E-state index in [1.165, 1.54) is 0 Å². The molecule has 1 rings (SSSR count). The van der Waals surface area contributed by atoms with E-state index in [1.54, 1.807) is 0 Å². The molecule has 0 aliphatic heterocycles. The maximum Gasteiger partial charge on any atom is 0.212 e. The first-order valence-corrected chi connectivity index (χ1v) is 7.75. The maximum absolute atomic E-state index is 11.7. The molecule has 0 unspecified atom stereocenters. The van der Waals surface area contributed by atoms with Gasteiger partial charge in [0.05, 0.1) is 5.75 Å². The number of sulfonamides is 1. The molecule has 1 fully saturated rings. The lowest BCUT2D eigenvalue weighted by molar-refractivity contribution is 0.342. The third-order valence-electron chi connectivity index (χ3n) is 3.03. The van der Waals surface area contributed by atoms with Gasteiger partial charge in [0.15, 0.2) is 0 Å². The van der Waals surface area contributed by atoms with Crippen LogP contribution in [0.4, 0.5) is 0 Å². The van der Waals surface area contributed by atoms with E-state index in [4.69, 9.17) is 0 Å². The van der Waals surface area contributed by atoms with Gasteiger partial charge < -0.3 is 5.32 Å². The van der Waals surface area contributed by atoms with Gasteiger partial charge in [0.2, 0.25) is 10.0 Å². The van der Waals surface area contributed by atoms with Crippen molar-refractivity contribution in [1.29, 1.82) is 0 Å². The molecule has 0 aromatic heterocycles. The van der Waals surface area contributed by atoms with Gasteiger partial charge in [-0.2, -0.15) is 0 Å². The zero-order valence-corrected chi connectivity index (χ0v) is 11.3. The van der Waals surface area contributed by atoms with Crippen LogP contribution in [0.25, 0.3) is 0 Å². The maximum atomic E-state index is 11.7. The minimum Gasteiger partial charge on any atom is -0.317 e. The normalized spacial score (nSPS) is 27.2. The molecule has 0 aromatic carbocycles. The topological polar surface area (TPSA) is 58.2 Å². The zero-order chi connectivity index (χ0) is 12.2. The second kappa shape index (κ2) is 5.98. The number of hydrogen-bond acceptors (Lipinski definition) is 3. The Morgan fingerprint density at radius 3 is 2.06 bits per heavy atom. The molecule has 0 heterocycles. The van der Waals surface area contributed by atoms with E-state index in [1.807, 2.05) is 20.9 Å². The van der Waals surface area contributed by atoms with Crippen molar-refractivity contribution >= 4 is 10.0 Å². The van der Waals surface area contributed by atoms with Crippen LogP contribution >= 0.6 is 0 Å². The van der Waals surface area contributed by atoms with Crippen molar-refractivity contribution in [2.75, 3.05) is 12.8 Å². The summed E-state index contributed by atoms with van der Waals surface area (Å²) in [6, 6.07) is 0.708. The van der Waals surface area contributed by atoms with Crippen molar-refractivity contribution < 1.29 is 8.42 Å². The molecule has 4 nitrogen and oxygen atoms in total. The van der Waals surface area contributed by atoms with Crippen LogP contribution in [0, 0.1) is 5.92 Å². The number of hydrogen-bond donors (Lipinski definition) is 2. The summed E-state index contributed by atoms with van der Waals surface area (Å²) in [6.45, 7) is 3.86. The van der Waals surface area contributed by atoms with E-state index in [0.29, 0.717) is 6.04 Å². The molecule has 0 amide bonds. The van der Waals surface area contributed by atoms with Gasteiger partial charge in [0.1, 0.15) is 0 Å². The average molecular weight is 248 g/mol. The summed E-state index contributed by atoms with van der Waals surface area (Å²) >= 11 is 0. The summed E-state index contributed by atoms with van der Waals surface area (Å²) in [4.78, 5) is 0. The van der Waals surface area contributed by atoms with Crippen LogP contribution in [-0.4, -0.2) is 33.3 Å². The molecule has 0 saturated heterocycles. The second-order valence-electron chi connectivity index (χ2n) is 5.13. The van der Waals surface area contributed by atoms with Crippen LogP contribution in [0.2, 0.25) is 0 Å². The predicted molar refractivity (Wildman–Crippen MR) is 66.9 cm³/mol. The Kier molecular flexibility index (Phi) is 5.21. The van der Waals surface area contributed by atoms with E-state index in [2.05, 4.69) is 10.0 Å². The summed E-state index contributed by atoms with van der Waals surface area (Å²) in [6.07, 6.45) is 4.02. The van der Waals surface area contributed by atoms with Crippen molar-refractivity contribution in [3.63, 3.8) is 0 Å². The van der Waals surface area contributed by atoms with Crippen molar-refractivity contribution in [3.05, 3.63) is 0 Å². The molecule has 0 spiro atoms. The fraction of sp³-hybridized carbons (Fsp3) is 1.00. The minimum atomic E-state index is -3.08. The summed E-state index contributed by atoms with van der Waals surface area (Å²) in [5.41, 5.74) is 0. The Labute approximate surface area is 99.2 Å². The van der Waals surface area contributed by atoms with Crippen molar-refractivity contribution in [2.24, 2.45) is 5.92 Å². The first kappa shape index (κ1) is 13.9. The monoisotopic (exact) mass is 248 g/mol. The molecular weight excluding hydrogens is 224 g/mol. The van der Waals surface area contributed by atoms with Gasteiger partial charge in [-0.3, -0.25) is 0 Å². The van der Waals surface area contributed by atoms with E-state index in [0.717, 1.165) is 25.7 Å². The highest BCUT2D eigenvalue weighted by Gasteiger charge is 2.24. The molecule has 96 valence electrons. The lowest BCUT2D eigenvalue weighted by Crippen LogP contribution is -2.42. The first-order chi connectivity index (χ1) is 7.43. The van der Waals surface area contributed by atoms with Gasteiger partial charge in [-0.15, -0.1) is 0 Å². The van der Waals surface area contributed by atoms with Gasteiger partial charge in [0, 0.05) is 12.1 Å². The van der Waals surface area contributed by atoms with Crippen molar-refractivity contribution in [1.82, 2.24) is 10.0 Å². The van der Waals surface area contributed by atoms with Crippen LogP contribution in [-0.2, 0) is 10.0 Å². The lowest BCUT2D eigenvalue weighted by Gasteiger charge is -2.28. The highest BCUT2D eigenvalue weighted by atomic mass is 32.2. The molecule has 1 aliphatic rings. The molecule has 1 aliphatic carbocycles. The molecule has 0 bridgehead atoms. The molecule has 0 radical (unpaired) electrons. The lowest BCUT2D eigenvalue weighted by atomic mass is 9.92. The van der Waals surface area contributed by atoms with Crippen LogP contribution in [0.3, 0.4) is 0 Å². The summed E-state index contributed by atoms with van der Waals surface area (Å²) in [7, 11) is -1.11. The molecule has 2 N–H and O–H groups in total. The van der Waals surface area contributed by atoms with Gasteiger partial charge in [0.25, 0.3) is 0 Å². The third-order valence-corrected chi connectivity index (χ3v) is 4.83. The van der Waals surface area contributed by atoms with Gasteiger partial charge in [-0.05, 0) is 38.6 Å². The van der Waals surface area contributed by atoms with E-state index in [-0.39, 0.29) is 17.7 Å². The Morgan fingerprint density at radius 2 is 1.62 bits per heavy atom. The second-order valence-corrected chi connectivity index (χ2v) is 6.93. The van der Waals surface area contributed by atoms with Crippen LogP contribution in [0.5, 0.6) is 0 Å². The standard InChI is InChI=1S/C11H24N2O2S/c1-9(2)8-16(14,15)13-11-6-4-10(12-3)5-7-11/h9-13H,4-8H2,1-3H3. The molecule has 5 heteroatoms. The predicted octanol–water partition coefficient (Wildman–Crippen LogP) is 1.09. The summed E-state index contributed by atoms with van der Waals surface area (Å²) in [5, 5.41) is 3.24. The molecular formula is C11H24N2O2S. The Morgan fingerprint density at radius 1 is 1.12 bits per heavy atom. The van der Waals surface area contributed by atoms with Gasteiger partial charge >= 0.3 is 0 Å². The molecule has 0 aromatic rings. The molecule has 16 heavy (non-hydrogen) atoms. The largest absolute Gasteiger partial charge is 0.317 e. The smallest absolute Gasteiger partial charge is 0.212 e. The van der Waals surface area contributed by atoms with Crippen LogP contribution in [0.15, 0.2) is 0 Å². The molecule has 0 atom stereocenters. The molecule has 1 saturated carbocycles. The van der Waals surface area contributed by atoms with Crippen LogP contribution < -0.4 is 10.0 Å².